The second-order valence-corrected chi connectivity index (χ2v) is 16.9. The van der Waals surface area contributed by atoms with E-state index in [-0.39, 0.29) is 16.6 Å². The molecule has 0 saturated heterocycles. The minimum Gasteiger partial charge on any atom is -0.507 e. The zero-order valence-electron chi connectivity index (χ0n) is 33.5. The molecular weight excluding hydrogens is 685 g/mol. The second kappa shape index (κ2) is 14.1. The van der Waals surface area contributed by atoms with E-state index in [2.05, 4.69) is 169 Å². The molecule has 56 heavy (non-hydrogen) atoms. The number of nitrogens with zero attached hydrogens (tertiary/aromatic N) is 4. The van der Waals surface area contributed by atoms with Crippen LogP contribution < -0.4 is 0 Å². The molecule has 5 aromatic carbocycles. The summed E-state index contributed by atoms with van der Waals surface area (Å²) in [6.45, 7) is 17.4. The molecule has 0 bridgehead atoms. The van der Waals surface area contributed by atoms with Gasteiger partial charge in [-0.2, -0.15) is 0 Å². The van der Waals surface area contributed by atoms with Crippen LogP contribution in [0.15, 0.2) is 140 Å². The number of hydrogen-bond acceptors (Lipinski definition) is 4. The normalized spacial score (nSPS) is 12.0. The highest BCUT2D eigenvalue weighted by Crippen LogP contribution is 2.45. The number of pyridine rings is 2. The third-order valence-corrected chi connectivity index (χ3v) is 10.7. The van der Waals surface area contributed by atoms with E-state index in [9.17, 15) is 5.11 Å². The van der Waals surface area contributed by atoms with Crippen molar-refractivity contribution in [2.24, 2.45) is 0 Å². The maximum absolute atomic E-state index is 12.2. The number of aromatic nitrogens is 4. The van der Waals surface area contributed by atoms with Crippen LogP contribution in [-0.2, 0) is 10.8 Å². The maximum atomic E-state index is 12.2. The summed E-state index contributed by atoms with van der Waals surface area (Å²) in [6.07, 6.45) is 3.76. The van der Waals surface area contributed by atoms with Gasteiger partial charge in [0, 0.05) is 29.1 Å². The number of phenols is 1. The van der Waals surface area contributed by atoms with E-state index in [0.29, 0.717) is 11.4 Å². The van der Waals surface area contributed by atoms with Gasteiger partial charge in [0.05, 0.1) is 28.2 Å². The van der Waals surface area contributed by atoms with E-state index in [0.717, 1.165) is 83.7 Å². The van der Waals surface area contributed by atoms with Crippen LogP contribution in [0.5, 0.6) is 5.75 Å². The van der Waals surface area contributed by atoms with E-state index >= 15 is 0 Å². The van der Waals surface area contributed by atoms with Crippen molar-refractivity contribution in [1.29, 1.82) is 0 Å². The molecule has 0 atom stereocenters. The molecule has 0 aliphatic rings. The minimum atomic E-state index is -0.303. The molecule has 0 aliphatic heterocycles. The van der Waals surface area contributed by atoms with Gasteiger partial charge < -0.3 is 5.11 Å². The van der Waals surface area contributed by atoms with Gasteiger partial charge in [-0.05, 0) is 106 Å². The fourth-order valence-electron chi connectivity index (χ4n) is 7.70. The van der Waals surface area contributed by atoms with Crippen molar-refractivity contribution in [2.75, 3.05) is 0 Å². The Morgan fingerprint density at radius 2 is 1.14 bits per heavy atom. The molecule has 0 spiro atoms. The number of benzene rings is 5. The lowest BCUT2D eigenvalue weighted by Crippen LogP contribution is -2.17. The van der Waals surface area contributed by atoms with Gasteiger partial charge in [0.15, 0.2) is 0 Å². The molecule has 3 heterocycles. The molecule has 0 saturated carbocycles. The summed E-state index contributed by atoms with van der Waals surface area (Å²) in [7, 11) is 0. The highest BCUT2D eigenvalue weighted by Gasteiger charge is 2.29. The van der Waals surface area contributed by atoms with E-state index in [1.807, 2.05) is 30.6 Å². The van der Waals surface area contributed by atoms with Crippen molar-refractivity contribution in [2.45, 2.75) is 66.2 Å². The molecule has 8 aromatic rings. The highest BCUT2D eigenvalue weighted by molar-refractivity contribution is 5.96. The van der Waals surface area contributed by atoms with Crippen LogP contribution in [0.2, 0.25) is 0 Å². The number of rotatable bonds is 6. The summed E-state index contributed by atoms with van der Waals surface area (Å²) in [6, 6.07) is 44.3. The lowest BCUT2D eigenvalue weighted by Gasteiger charge is -2.27. The van der Waals surface area contributed by atoms with Crippen molar-refractivity contribution in [3.63, 3.8) is 0 Å². The lowest BCUT2D eigenvalue weighted by atomic mass is 9.79. The lowest BCUT2D eigenvalue weighted by molar-refractivity contribution is 0.446. The Bertz CT molecular complexity index is 2710. The number of phenolic OH excluding ortho intramolecular Hbond substituents is 1. The topological polar surface area (TPSA) is 63.8 Å². The molecule has 8 rings (SSSR count). The van der Waals surface area contributed by atoms with Gasteiger partial charge in [-0.15, -0.1) is 0 Å². The van der Waals surface area contributed by atoms with Crippen LogP contribution in [0.4, 0.5) is 0 Å². The van der Waals surface area contributed by atoms with Gasteiger partial charge in [-0.1, -0.05) is 126 Å². The predicted molar refractivity (Wildman–Crippen MR) is 232 cm³/mol. The van der Waals surface area contributed by atoms with Crippen LogP contribution >= 0.6 is 0 Å². The first-order valence-electron chi connectivity index (χ1n) is 19.3. The van der Waals surface area contributed by atoms with Gasteiger partial charge in [-0.25, -0.2) is 4.98 Å². The molecule has 0 unspecified atom stereocenters. The van der Waals surface area contributed by atoms with E-state index in [1.165, 1.54) is 0 Å². The SMILES string of the molecule is Cc1cccc(C)c1-n1c(-c2cc(C(C)(C)C)cc(C(C)(C)C)c2O)nc2c(-c3cc(-c4ccccc4)cc(-c4cc(-c5ccccc5)ccn4)c3)nccc21. The summed E-state index contributed by atoms with van der Waals surface area (Å²) in [5.74, 6) is 0.929. The van der Waals surface area contributed by atoms with Crippen molar-refractivity contribution in [1.82, 2.24) is 19.5 Å². The first-order valence-corrected chi connectivity index (χ1v) is 19.3. The molecular formula is C51H48N4O. The van der Waals surface area contributed by atoms with Crippen LogP contribution in [0.3, 0.4) is 0 Å². The molecule has 5 heteroatoms. The second-order valence-electron chi connectivity index (χ2n) is 16.9. The first kappa shape index (κ1) is 36.6. The Balaban J connectivity index is 1.43. The average molecular weight is 733 g/mol. The molecule has 0 amide bonds. The van der Waals surface area contributed by atoms with Crippen LogP contribution in [0, 0.1) is 13.8 Å². The van der Waals surface area contributed by atoms with E-state index < -0.39 is 0 Å². The number of fused-ring (bicyclic) bond motifs is 1. The van der Waals surface area contributed by atoms with Gasteiger partial charge in [0.25, 0.3) is 0 Å². The highest BCUT2D eigenvalue weighted by atomic mass is 16.3. The Hall–Kier alpha value is -6.33. The molecule has 278 valence electrons. The van der Waals surface area contributed by atoms with Crippen LogP contribution in [0.1, 0.15) is 63.8 Å². The van der Waals surface area contributed by atoms with Gasteiger partial charge in [0.2, 0.25) is 0 Å². The van der Waals surface area contributed by atoms with Gasteiger partial charge >= 0.3 is 0 Å². The zero-order chi connectivity index (χ0) is 39.4. The monoisotopic (exact) mass is 732 g/mol. The van der Waals surface area contributed by atoms with Crippen molar-refractivity contribution in [3.8, 4) is 67.6 Å². The van der Waals surface area contributed by atoms with Crippen LogP contribution in [-0.4, -0.2) is 24.6 Å². The fourth-order valence-corrected chi connectivity index (χ4v) is 7.70. The van der Waals surface area contributed by atoms with Crippen molar-refractivity contribution in [3.05, 3.63) is 162 Å². The minimum absolute atomic E-state index is 0.162. The third kappa shape index (κ3) is 6.79. The Morgan fingerprint density at radius 1 is 0.536 bits per heavy atom. The number of aryl methyl sites for hydroxylation is 2. The number of para-hydroxylation sites is 1. The summed E-state index contributed by atoms with van der Waals surface area (Å²) >= 11 is 0. The average Bonchev–Trinajstić information content (AvgIpc) is 3.56. The summed E-state index contributed by atoms with van der Waals surface area (Å²) in [5, 5.41) is 12.2. The fraction of sp³-hybridized carbons (Fsp3) is 0.196. The molecule has 1 N–H and O–H groups in total. The maximum Gasteiger partial charge on any atom is 0.149 e. The third-order valence-electron chi connectivity index (χ3n) is 10.7. The first-order chi connectivity index (χ1) is 26.8. The quantitative estimate of drug-likeness (QED) is 0.185. The largest absolute Gasteiger partial charge is 0.507 e. The summed E-state index contributed by atoms with van der Waals surface area (Å²) in [4.78, 5) is 15.5. The number of aromatic hydroxyl groups is 1. The van der Waals surface area contributed by atoms with Crippen molar-refractivity contribution >= 4 is 11.0 Å². The number of imidazole rings is 1. The van der Waals surface area contributed by atoms with E-state index in [4.69, 9.17) is 15.0 Å². The zero-order valence-corrected chi connectivity index (χ0v) is 33.5. The predicted octanol–water partition coefficient (Wildman–Crippen LogP) is 13.1. The Labute approximate surface area is 330 Å². The standard InChI is InChI=1S/C51H48N4O/c1-32-16-15-17-33(2)47(32)55-44-23-25-53-45(46(44)54-49(55)41-30-40(50(3,4)5)31-42(48(41)56)51(6,7)8)39-27-37(35-20-13-10-14-21-35)26-38(28-39)43-29-36(22-24-52-43)34-18-11-9-12-19-34/h9-31,56H,1-8H3. The Morgan fingerprint density at radius 3 is 1.79 bits per heavy atom. The molecule has 3 aromatic heterocycles. The van der Waals surface area contributed by atoms with Gasteiger partial charge in [0.1, 0.15) is 17.1 Å². The van der Waals surface area contributed by atoms with Crippen LogP contribution in [0.25, 0.3) is 72.9 Å². The molecule has 0 fully saturated rings. The molecule has 0 aliphatic carbocycles. The Kier molecular flexibility index (Phi) is 9.20. The molecule has 5 nitrogen and oxygen atoms in total. The summed E-state index contributed by atoms with van der Waals surface area (Å²) < 4.78 is 2.23. The van der Waals surface area contributed by atoms with Crippen molar-refractivity contribution < 1.29 is 5.11 Å². The van der Waals surface area contributed by atoms with Gasteiger partial charge in [-0.3, -0.25) is 14.5 Å². The molecule has 0 radical (unpaired) electrons. The summed E-state index contributed by atoms with van der Waals surface area (Å²) in [5.41, 5.74) is 15.2. The van der Waals surface area contributed by atoms with E-state index in [1.54, 1.807) is 0 Å². The smallest absolute Gasteiger partial charge is 0.149 e. The number of hydrogen-bond donors (Lipinski definition) is 1.